The Hall–Kier alpha value is -2.72. The third-order valence-electron chi connectivity index (χ3n) is 3.89. The van der Waals surface area contributed by atoms with E-state index in [1.54, 1.807) is 17.0 Å². The summed E-state index contributed by atoms with van der Waals surface area (Å²) in [7, 11) is 1.82. The van der Waals surface area contributed by atoms with Crippen LogP contribution < -0.4 is 0 Å². The van der Waals surface area contributed by atoms with Gasteiger partial charge in [0.05, 0.1) is 6.61 Å². The predicted octanol–water partition coefficient (Wildman–Crippen LogP) is 3.43. The summed E-state index contributed by atoms with van der Waals surface area (Å²) in [5.41, 5.74) is 2.11. The lowest BCUT2D eigenvalue weighted by Gasteiger charge is -2.17. The number of rotatable bonds is 7. The number of ether oxygens (including phenoxy) is 1. The van der Waals surface area contributed by atoms with Crippen LogP contribution in [0.2, 0.25) is 0 Å². The highest BCUT2D eigenvalue weighted by molar-refractivity contribution is 5.96. The monoisotopic (exact) mass is 320 g/mol. The first-order valence-corrected chi connectivity index (χ1v) is 7.95. The van der Waals surface area contributed by atoms with Gasteiger partial charge >= 0.3 is 0 Å². The number of Topliss-reactive ketones (excluding diaryl/α,β-unsaturated/α-hetero) is 1. The van der Waals surface area contributed by atoms with Crippen LogP contribution in [0.5, 0.6) is 0 Å². The maximum Gasteiger partial charge on any atom is 0.227 e. The van der Waals surface area contributed by atoms with Crippen LogP contribution in [-0.4, -0.2) is 21.4 Å². The first-order chi connectivity index (χ1) is 11.7. The molecule has 24 heavy (non-hydrogen) atoms. The third kappa shape index (κ3) is 3.97. The number of aromatic nitrogens is 2. The molecule has 0 spiro atoms. The lowest BCUT2D eigenvalue weighted by Crippen LogP contribution is -2.29. The predicted molar refractivity (Wildman–Crippen MR) is 92.7 cm³/mol. The zero-order chi connectivity index (χ0) is 16.8. The summed E-state index contributed by atoms with van der Waals surface area (Å²) in [5.74, 6) is 0.325. The fourth-order valence-corrected chi connectivity index (χ4v) is 2.57. The van der Waals surface area contributed by atoms with Gasteiger partial charge in [0.2, 0.25) is 5.78 Å². The molecule has 0 saturated heterocycles. The lowest BCUT2D eigenvalue weighted by atomic mass is 10.0. The molecule has 3 aromatic rings. The van der Waals surface area contributed by atoms with Crippen LogP contribution in [0.25, 0.3) is 0 Å². The number of imidazole rings is 1. The highest BCUT2D eigenvalue weighted by Gasteiger charge is 2.24. The number of carbonyl (C=O) groups excluding carboxylic acids is 1. The van der Waals surface area contributed by atoms with Crippen LogP contribution in [0.3, 0.4) is 0 Å². The average Bonchev–Trinajstić information content (AvgIpc) is 3.06. The van der Waals surface area contributed by atoms with Crippen molar-refractivity contribution in [3.8, 4) is 0 Å². The fourth-order valence-electron chi connectivity index (χ4n) is 2.57. The zero-order valence-corrected chi connectivity index (χ0v) is 13.6. The number of nitrogens with zero attached hydrogens (tertiary/aromatic N) is 2. The van der Waals surface area contributed by atoms with Crippen molar-refractivity contribution in [1.29, 1.82) is 0 Å². The second-order valence-corrected chi connectivity index (χ2v) is 5.70. The van der Waals surface area contributed by atoms with E-state index in [2.05, 4.69) is 4.98 Å². The number of hydrogen-bond donors (Lipinski definition) is 0. The Labute approximate surface area is 141 Å². The maximum atomic E-state index is 12.8. The topological polar surface area (TPSA) is 44.1 Å². The number of hydrogen-bond acceptors (Lipinski definition) is 3. The minimum Gasteiger partial charge on any atom is -0.365 e. The van der Waals surface area contributed by atoms with Crippen molar-refractivity contribution in [2.45, 2.75) is 19.1 Å². The van der Waals surface area contributed by atoms with Crippen molar-refractivity contribution in [3.63, 3.8) is 0 Å². The molecule has 1 aromatic heterocycles. The molecule has 0 aliphatic carbocycles. The molecule has 0 N–H and O–H groups in total. The minimum absolute atomic E-state index is 0.0951. The molecule has 1 atom stereocenters. The van der Waals surface area contributed by atoms with Crippen molar-refractivity contribution < 1.29 is 9.53 Å². The molecule has 4 heteroatoms. The van der Waals surface area contributed by atoms with E-state index in [0.717, 1.165) is 11.1 Å². The molecule has 0 unspecified atom stereocenters. The molecular weight excluding hydrogens is 300 g/mol. The quantitative estimate of drug-likeness (QED) is 0.627. The van der Waals surface area contributed by atoms with Gasteiger partial charge in [0, 0.05) is 25.9 Å². The second-order valence-electron chi connectivity index (χ2n) is 5.70. The molecule has 1 heterocycles. The zero-order valence-electron chi connectivity index (χ0n) is 13.6. The molecule has 3 rings (SSSR count). The normalized spacial score (nSPS) is 12.0. The number of ketones is 1. The number of carbonyl (C=O) groups is 1. The molecule has 2 aromatic carbocycles. The first kappa shape index (κ1) is 16.1. The van der Waals surface area contributed by atoms with Gasteiger partial charge in [0.15, 0.2) is 5.82 Å². The minimum atomic E-state index is -0.561. The summed E-state index contributed by atoms with van der Waals surface area (Å²) in [6, 6.07) is 19.8. The molecule has 0 amide bonds. The van der Waals surface area contributed by atoms with Gasteiger partial charge in [0.25, 0.3) is 0 Å². The maximum absolute atomic E-state index is 12.8. The third-order valence-corrected chi connectivity index (χ3v) is 3.89. The smallest absolute Gasteiger partial charge is 0.227 e. The molecule has 0 radical (unpaired) electrons. The van der Waals surface area contributed by atoms with Gasteiger partial charge in [-0.2, -0.15) is 0 Å². The highest BCUT2D eigenvalue weighted by atomic mass is 16.5. The molecule has 0 saturated carbocycles. The van der Waals surface area contributed by atoms with E-state index in [1.165, 1.54) is 0 Å². The molecule has 122 valence electrons. The van der Waals surface area contributed by atoms with Crippen LogP contribution >= 0.6 is 0 Å². The van der Waals surface area contributed by atoms with Crippen molar-refractivity contribution in [1.82, 2.24) is 9.55 Å². The molecule has 0 aliphatic rings. The summed E-state index contributed by atoms with van der Waals surface area (Å²) < 4.78 is 7.70. The van der Waals surface area contributed by atoms with Crippen LogP contribution in [-0.2, 0) is 24.8 Å². The van der Waals surface area contributed by atoms with Gasteiger partial charge < -0.3 is 9.30 Å². The van der Waals surface area contributed by atoms with E-state index in [1.807, 2.05) is 67.7 Å². The van der Waals surface area contributed by atoms with Gasteiger partial charge in [-0.15, -0.1) is 0 Å². The van der Waals surface area contributed by atoms with Gasteiger partial charge in [-0.3, -0.25) is 4.79 Å². The molecule has 0 bridgehead atoms. The first-order valence-electron chi connectivity index (χ1n) is 7.95. The molecule has 4 nitrogen and oxygen atoms in total. The Morgan fingerprint density at radius 3 is 2.25 bits per heavy atom. The number of aryl methyl sites for hydroxylation is 1. The Morgan fingerprint density at radius 1 is 1.04 bits per heavy atom. The van der Waals surface area contributed by atoms with E-state index in [-0.39, 0.29) is 5.78 Å². The van der Waals surface area contributed by atoms with E-state index in [0.29, 0.717) is 18.9 Å². The molecular formula is C20H20N2O2. The lowest BCUT2D eigenvalue weighted by molar-refractivity contribution is 0.0330. The SMILES string of the molecule is Cn1ccnc1C(=O)[C@H](Cc1ccccc1)OCc1ccccc1. The summed E-state index contributed by atoms with van der Waals surface area (Å²) in [6.07, 6.45) is 3.36. The largest absolute Gasteiger partial charge is 0.365 e. The number of benzene rings is 2. The Kier molecular flexibility index (Phi) is 5.18. The Bertz CT molecular complexity index is 782. The van der Waals surface area contributed by atoms with E-state index in [9.17, 15) is 4.79 Å². The summed E-state index contributed by atoms with van der Waals surface area (Å²) in [4.78, 5) is 17.0. The van der Waals surface area contributed by atoms with Gasteiger partial charge in [-0.1, -0.05) is 60.7 Å². The van der Waals surface area contributed by atoms with Crippen LogP contribution in [0.1, 0.15) is 21.7 Å². The Balaban J connectivity index is 1.78. The van der Waals surface area contributed by atoms with Crippen molar-refractivity contribution in [3.05, 3.63) is 90.0 Å². The fraction of sp³-hybridized carbons (Fsp3) is 0.200. The van der Waals surface area contributed by atoms with Crippen LogP contribution in [0.4, 0.5) is 0 Å². The summed E-state index contributed by atoms with van der Waals surface area (Å²) in [5, 5.41) is 0. The van der Waals surface area contributed by atoms with Gasteiger partial charge in [0.1, 0.15) is 6.10 Å². The molecule has 0 aliphatic heterocycles. The van der Waals surface area contributed by atoms with Gasteiger partial charge in [-0.25, -0.2) is 4.98 Å². The van der Waals surface area contributed by atoms with Crippen LogP contribution in [0.15, 0.2) is 73.1 Å². The van der Waals surface area contributed by atoms with E-state index in [4.69, 9.17) is 4.74 Å². The average molecular weight is 320 g/mol. The van der Waals surface area contributed by atoms with Crippen molar-refractivity contribution in [2.75, 3.05) is 0 Å². The summed E-state index contributed by atoms with van der Waals surface area (Å²) >= 11 is 0. The molecule has 0 fully saturated rings. The summed E-state index contributed by atoms with van der Waals surface area (Å²) in [6.45, 7) is 0.397. The van der Waals surface area contributed by atoms with E-state index >= 15 is 0 Å². The second kappa shape index (κ2) is 7.70. The highest BCUT2D eigenvalue weighted by Crippen LogP contribution is 2.13. The van der Waals surface area contributed by atoms with E-state index < -0.39 is 6.10 Å². The Morgan fingerprint density at radius 2 is 1.67 bits per heavy atom. The van der Waals surface area contributed by atoms with Crippen molar-refractivity contribution >= 4 is 5.78 Å². The standard InChI is InChI=1S/C20H20N2O2/c1-22-13-12-21-20(22)19(23)18(14-16-8-4-2-5-9-16)24-15-17-10-6-3-7-11-17/h2-13,18H,14-15H2,1H3/t18-/m0/s1. The van der Waals surface area contributed by atoms with Crippen molar-refractivity contribution in [2.24, 2.45) is 7.05 Å². The van der Waals surface area contributed by atoms with Gasteiger partial charge in [-0.05, 0) is 11.1 Å². The van der Waals surface area contributed by atoms with Crippen LogP contribution in [0, 0.1) is 0 Å².